The lowest BCUT2D eigenvalue weighted by Crippen LogP contribution is -2.35. The van der Waals surface area contributed by atoms with Crippen LogP contribution in [-0.4, -0.2) is 35.7 Å². The molecule has 2 heterocycles. The fourth-order valence-electron chi connectivity index (χ4n) is 2.15. The molecule has 0 amide bonds. The van der Waals surface area contributed by atoms with Crippen molar-refractivity contribution in [3.63, 3.8) is 0 Å². The first kappa shape index (κ1) is 15.2. The van der Waals surface area contributed by atoms with E-state index >= 15 is 0 Å². The molecule has 2 N–H and O–H groups in total. The number of thiazole rings is 1. The number of aryl methyl sites for hydroxylation is 1. The third-order valence-corrected chi connectivity index (χ3v) is 4.95. The molecule has 0 saturated carbocycles. The van der Waals surface area contributed by atoms with Crippen LogP contribution in [0.15, 0.2) is 5.38 Å². The minimum absolute atomic E-state index is 0.268. The molecule has 5 nitrogen and oxygen atoms in total. The van der Waals surface area contributed by atoms with Crippen LogP contribution in [0.25, 0.3) is 10.6 Å². The van der Waals surface area contributed by atoms with Gasteiger partial charge in [0.25, 0.3) is 0 Å². The maximum Gasteiger partial charge on any atom is 0.149 e. The normalized spacial score (nSPS) is 12.6. The van der Waals surface area contributed by atoms with Crippen LogP contribution in [0.3, 0.4) is 0 Å². The molecule has 2 rings (SSSR count). The van der Waals surface area contributed by atoms with E-state index in [1.165, 1.54) is 11.5 Å². The summed E-state index contributed by atoms with van der Waals surface area (Å²) in [5.74, 6) is 0.558. The summed E-state index contributed by atoms with van der Waals surface area (Å²) < 4.78 is 9.58. The van der Waals surface area contributed by atoms with Gasteiger partial charge < -0.3 is 15.4 Å². The van der Waals surface area contributed by atoms with Crippen molar-refractivity contribution in [2.24, 2.45) is 0 Å². The lowest BCUT2D eigenvalue weighted by Gasteiger charge is -2.28. The largest absolute Gasteiger partial charge is 0.383 e. The SMILES string of the molecule is CCN(c1snc(N)c1-c1nc(C)cs1)C(C)COC. The van der Waals surface area contributed by atoms with Crippen molar-refractivity contribution in [2.45, 2.75) is 26.8 Å². The molecule has 110 valence electrons. The van der Waals surface area contributed by atoms with Gasteiger partial charge in [0.05, 0.1) is 18.2 Å². The average molecular weight is 312 g/mol. The number of nitrogens with zero attached hydrogens (tertiary/aromatic N) is 3. The lowest BCUT2D eigenvalue weighted by atomic mass is 10.2. The van der Waals surface area contributed by atoms with Crippen molar-refractivity contribution >= 4 is 33.7 Å². The van der Waals surface area contributed by atoms with E-state index < -0.39 is 0 Å². The molecule has 0 fully saturated rings. The van der Waals surface area contributed by atoms with Crippen molar-refractivity contribution < 1.29 is 4.74 Å². The molecule has 0 aliphatic heterocycles. The smallest absolute Gasteiger partial charge is 0.149 e. The Kier molecular flexibility index (Phi) is 4.95. The van der Waals surface area contributed by atoms with Crippen LogP contribution in [0.1, 0.15) is 19.5 Å². The zero-order chi connectivity index (χ0) is 14.7. The Labute approximate surface area is 127 Å². The maximum absolute atomic E-state index is 6.06. The first-order valence-corrected chi connectivity index (χ1v) is 8.17. The molecule has 1 atom stereocenters. The molecule has 0 saturated heterocycles. The summed E-state index contributed by atoms with van der Waals surface area (Å²) in [4.78, 5) is 6.81. The Morgan fingerprint density at radius 2 is 2.25 bits per heavy atom. The molecule has 2 aromatic heterocycles. The van der Waals surface area contributed by atoms with E-state index in [1.807, 2.05) is 12.3 Å². The summed E-state index contributed by atoms with van der Waals surface area (Å²) in [6, 6.07) is 0.268. The van der Waals surface area contributed by atoms with Crippen LogP contribution in [0, 0.1) is 6.92 Å². The number of rotatable bonds is 6. The van der Waals surface area contributed by atoms with Gasteiger partial charge in [-0.25, -0.2) is 4.98 Å². The Morgan fingerprint density at radius 1 is 1.50 bits per heavy atom. The lowest BCUT2D eigenvalue weighted by molar-refractivity contribution is 0.182. The topological polar surface area (TPSA) is 64.3 Å². The fraction of sp³-hybridized carbons (Fsp3) is 0.538. The number of likely N-dealkylation sites (N-methyl/N-ethyl adjacent to an activating group) is 1. The number of anilines is 2. The third kappa shape index (κ3) is 2.94. The number of nitrogens with two attached hydrogens (primary N) is 1. The summed E-state index contributed by atoms with van der Waals surface area (Å²) in [5, 5.41) is 4.04. The predicted molar refractivity (Wildman–Crippen MR) is 86.7 cm³/mol. The Balaban J connectivity index is 2.41. The number of methoxy groups -OCH3 is 1. The Bertz CT molecular complexity index is 566. The molecule has 20 heavy (non-hydrogen) atoms. The first-order valence-electron chi connectivity index (χ1n) is 6.51. The second-order valence-electron chi connectivity index (χ2n) is 4.63. The molecule has 0 bridgehead atoms. The summed E-state index contributed by atoms with van der Waals surface area (Å²) >= 11 is 3.04. The van der Waals surface area contributed by atoms with Gasteiger partial charge in [-0.3, -0.25) is 0 Å². The van der Waals surface area contributed by atoms with Crippen molar-refractivity contribution in [2.75, 3.05) is 30.9 Å². The summed E-state index contributed by atoms with van der Waals surface area (Å²) in [6.07, 6.45) is 0. The van der Waals surface area contributed by atoms with E-state index in [4.69, 9.17) is 10.5 Å². The molecule has 0 aliphatic rings. The monoisotopic (exact) mass is 312 g/mol. The van der Waals surface area contributed by atoms with Gasteiger partial charge in [-0.05, 0) is 32.3 Å². The van der Waals surface area contributed by atoms with Gasteiger partial charge in [0.1, 0.15) is 15.8 Å². The van der Waals surface area contributed by atoms with Crippen molar-refractivity contribution in [3.8, 4) is 10.6 Å². The first-order chi connectivity index (χ1) is 9.58. The van der Waals surface area contributed by atoms with Gasteiger partial charge in [0.2, 0.25) is 0 Å². The Hall–Kier alpha value is -1.18. The van der Waals surface area contributed by atoms with Crippen LogP contribution >= 0.6 is 22.9 Å². The van der Waals surface area contributed by atoms with E-state index in [2.05, 4.69) is 28.1 Å². The van der Waals surface area contributed by atoms with E-state index in [0.29, 0.717) is 12.4 Å². The minimum atomic E-state index is 0.268. The number of nitrogen functional groups attached to an aromatic ring is 1. The van der Waals surface area contributed by atoms with E-state index in [1.54, 1.807) is 18.4 Å². The number of hydrogen-bond donors (Lipinski definition) is 1. The summed E-state index contributed by atoms with van der Waals surface area (Å²) in [6.45, 7) is 7.80. The van der Waals surface area contributed by atoms with Gasteiger partial charge in [-0.15, -0.1) is 11.3 Å². The fourth-order valence-corrected chi connectivity index (χ4v) is 4.04. The van der Waals surface area contributed by atoms with Crippen LogP contribution in [0.4, 0.5) is 10.8 Å². The van der Waals surface area contributed by atoms with Gasteiger partial charge in [-0.2, -0.15) is 4.37 Å². The second-order valence-corrected chi connectivity index (χ2v) is 6.24. The van der Waals surface area contributed by atoms with Crippen LogP contribution in [0.5, 0.6) is 0 Å². The zero-order valence-corrected chi connectivity index (χ0v) is 13.8. The number of ether oxygens (including phenoxy) is 1. The highest BCUT2D eigenvalue weighted by molar-refractivity contribution is 7.15. The Morgan fingerprint density at radius 3 is 2.80 bits per heavy atom. The maximum atomic E-state index is 6.06. The van der Waals surface area contributed by atoms with E-state index in [-0.39, 0.29) is 6.04 Å². The molecule has 0 radical (unpaired) electrons. The van der Waals surface area contributed by atoms with Crippen LogP contribution in [0.2, 0.25) is 0 Å². The zero-order valence-electron chi connectivity index (χ0n) is 12.2. The molecular formula is C13H20N4OS2. The quantitative estimate of drug-likeness (QED) is 0.888. The molecule has 0 spiro atoms. The summed E-state index contributed by atoms with van der Waals surface area (Å²) in [7, 11) is 1.72. The van der Waals surface area contributed by atoms with Gasteiger partial charge >= 0.3 is 0 Å². The molecule has 1 unspecified atom stereocenters. The second kappa shape index (κ2) is 6.51. The van der Waals surface area contributed by atoms with Crippen molar-refractivity contribution in [3.05, 3.63) is 11.1 Å². The molecule has 0 aromatic carbocycles. The number of hydrogen-bond acceptors (Lipinski definition) is 7. The highest BCUT2D eigenvalue weighted by Gasteiger charge is 2.23. The van der Waals surface area contributed by atoms with Gasteiger partial charge in [-0.1, -0.05) is 0 Å². The summed E-state index contributed by atoms with van der Waals surface area (Å²) in [5.41, 5.74) is 8.02. The standard InChI is InChI=1S/C13H20N4OS2/c1-5-17(9(3)6-18-4)13-10(11(14)16-20-13)12-15-8(2)7-19-12/h7,9H,5-6H2,1-4H3,(H2,14,16). The van der Waals surface area contributed by atoms with Crippen molar-refractivity contribution in [1.29, 1.82) is 0 Å². The van der Waals surface area contributed by atoms with E-state index in [9.17, 15) is 0 Å². The highest BCUT2D eigenvalue weighted by atomic mass is 32.1. The van der Waals surface area contributed by atoms with Crippen molar-refractivity contribution in [1.82, 2.24) is 9.36 Å². The average Bonchev–Trinajstić information content (AvgIpc) is 2.97. The molecule has 7 heteroatoms. The van der Waals surface area contributed by atoms with Gasteiger partial charge in [0.15, 0.2) is 0 Å². The van der Waals surface area contributed by atoms with Crippen LogP contribution in [-0.2, 0) is 4.74 Å². The molecular weight excluding hydrogens is 292 g/mol. The highest BCUT2D eigenvalue weighted by Crippen LogP contribution is 2.41. The van der Waals surface area contributed by atoms with E-state index in [0.717, 1.165) is 27.8 Å². The van der Waals surface area contributed by atoms with Gasteiger partial charge in [0, 0.05) is 24.7 Å². The molecule has 0 aliphatic carbocycles. The molecule has 2 aromatic rings. The third-order valence-electron chi connectivity index (χ3n) is 3.07. The minimum Gasteiger partial charge on any atom is -0.383 e. The number of aromatic nitrogens is 2. The van der Waals surface area contributed by atoms with Crippen LogP contribution < -0.4 is 10.6 Å². The predicted octanol–water partition coefficient (Wildman–Crippen LogP) is 3.02.